The van der Waals surface area contributed by atoms with E-state index in [9.17, 15) is 14.4 Å². The minimum Gasteiger partial charge on any atom is -0.333 e. The normalized spacial score (nSPS) is 18.7. The predicted octanol–water partition coefficient (Wildman–Crippen LogP) is 2.34. The molecule has 1 atom stereocenters. The number of benzene rings is 2. The summed E-state index contributed by atoms with van der Waals surface area (Å²) in [5.74, 6) is -0.760. The van der Waals surface area contributed by atoms with Gasteiger partial charge in [0.2, 0.25) is 0 Å². The highest BCUT2D eigenvalue weighted by Crippen LogP contribution is 2.26. The van der Waals surface area contributed by atoms with Gasteiger partial charge in [0.15, 0.2) is 0 Å². The first-order valence-corrected chi connectivity index (χ1v) is 9.12. The number of fused-ring (bicyclic) bond motifs is 1. The monoisotopic (exact) mass is 399 g/mol. The van der Waals surface area contributed by atoms with Crippen LogP contribution in [0, 0.1) is 0 Å². The van der Waals surface area contributed by atoms with Crippen molar-refractivity contribution in [1.82, 2.24) is 15.1 Å². The minimum atomic E-state index is -0.345. The van der Waals surface area contributed by atoms with Gasteiger partial charge in [-0.15, -0.1) is 12.4 Å². The van der Waals surface area contributed by atoms with E-state index in [0.717, 1.165) is 18.7 Å². The molecule has 0 aliphatic carbocycles. The van der Waals surface area contributed by atoms with Crippen molar-refractivity contribution >= 4 is 30.1 Å². The Morgan fingerprint density at radius 3 is 2.50 bits per heavy atom. The summed E-state index contributed by atoms with van der Waals surface area (Å²) in [6.45, 7) is 4.35. The van der Waals surface area contributed by atoms with Gasteiger partial charge in [-0.3, -0.25) is 19.3 Å². The highest BCUT2D eigenvalue weighted by molar-refractivity contribution is 6.22. The van der Waals surface area contributed by atoms with Gasteiger partial charge in [-0.2, -0.15) is 0 Å². The van der Waals surface area contributed by atoms with Crippen LogP contribution in [-0.4, -0.2) is 53.2 Å². The average Bonchev–Trinajstić information content (AvgIpc) is 2.93. The van der Waals surface area contributed by atoms with Crippen LogP contribution in [-0.2, 0) is 6.54 Å². The number of hydrogen-bond acceptors (Lipinski definition) is 4. The smallest absolute Gasteiger partial charge is 0.261 e. The van der Waals surface area contributed by atoms with Crippen molar-refractivity contribution in [2.75, 3.05) is 19.6 Å². The van der Waals surface area contributed by atoms with Crippen LogP contribution in [0.3, 0.4) is 0 Å². The topological polar surface area (TPSA) is 69.7 Å². The van der Waals surface area contributed by atoms with Crippen molar-refractivity contribution in [3.05, 3.63) is 70.8 Å². The van der Waals surface area contributed by atoms with Gasteiger partial charge in [0.05, 0.1) is 17.7 Å². The molecule has 0 unspecified atom stereocenters. The maximum absolute atomic E-state index is 12.9. The van der Waals surface area contributed by atoms with Gasteiger partial charge in [-0.05, 0) is 30.7 Å². The lowest BCUT2D eigenvalue weighted by atomic mass is 10.0. The van der Waals surface area contributed by atoms with Crippen LogP contribution in [0.4, 0.5) is 0 Å². The maximum Gasteiger partial charge on any atom is 0.261 e. The molecule has 0 radical (unpaired) electrons. The number of amides is 3. The van der Waals surface area contributed by atoms with E-state index in [1.807, 2.05) is 37.3 Å². The van der Waals surface area contributed by atoms with Crippen molar-refractivity contribution in [3.63, 3.8) is 0 Å². The third-order valence-electron chi connectivity index (χ3n) is 5.16. The molecular weight excluding hydrogens is 378 g/mol. The number of rotatable bonds is 3. The van der Waals surface area contributed by atoms with E-state index in [0.29, 0.717) is 23.2 Å². The first kappa shape index (κ1) is 20.0. The summed E-state index contributed by atoms with van der Waals surface area (Å²) < 4.78 is 0. The molecule has 0 bridgehead atoms. The molecule has 0 aromatic heterocycles. The number of carbonyl (C=O) groups excluding carboxylic acids is 3. The lowest BCUT2D eigenvalue weighted by Gasteiger charge is -2.34. The Morgan fingerprint density at radius 2 is 1.79 bits per heavy atom. The third kappa shape index (κ3) is 3.53. The number of nitrogens with one attached hydrogen (secondary N) is 1. The molecular formula is C21H22ClN3O3. The van der Waals surface area contributed by atoms with Crippen LogP contribution in [0.1, 0.15) is 43.6 Å². The van der Waals surface area contributed by atoms with Crippen LogP contribution >= 0.6 is 12.4 Å². The lowest BCUT2D eigenvalue weighted by molar-refractivity contribution is 0.0639. The third-order valence-corrected chi connectivity index (χ3v) is 5.16. The standard InChI is InChI=1S/C21H21N3O3.ClH/c1-14-12-22-9-10-23(14)19(25)16-7-8-17-18(11-16)21(27)24(20(17)26)13-15-5-3-2-4-6-15;/h2-8,11,14,22H,9-10,12-13H2,1H3;1H/t14-;/m1./s1. The average molecular weight is 400 g/mol. The molecule has 1 fully saturated rings. The first-order chi connectivity index (χ1) is 13.1. The second-order valence-electron chi connectivity index (χ2n) is 6.99. The Kier molecular flexibility index (Phi) is 5.82. The zero-order valence-corrected chi connectivity index (χ0v) is 16.4. The van der Waals surface area contributed by atoms with Gasteiger partial charge < -0.3 is 10.2 Å². The fourth-order valence-corrected chi connectivity index (χ4v) is 3.64. The van der Waals surface area contributed by atoms with Crippen molar-refractivity contribution in [1.29, 1.82) is 0 Å². The Bertz CT molecular complexity index is 916. The molecule has 2 aromatic rings. The fraction of sp³-hybridized carbons (Fsp3) is 0.286. The quantitative estimate of drug-likeness (QED) is 0.804. The second kappa shape index (κ2) is 8.12. The Balaban J connectivity index is 0.00000225. The van der Waals surface area contributed by atoms with Gasteiger partial charge in [-0.25, -0.2) is 0 Å². The summed E-state index contributed by atoms with van der Waals surface area (Å²) in [4.78, 5) is 41.3. The minimum absolute atomic E-state index is 0. The van der Waals surface area contributed by atoms with Crippen molar-refractivity contribution in [2.24, 2.45) is 0 Å². The number of halogens is 1. The lowest BCUT2D eigenvalue weighted by Crippen LogP contribution is -2.52. The molecule has 28 heavy (non-hydrogen) atoms. The van der Waals surface area contributed by atoms with Gasteiger partial charge >= 0.3 is 0 Å². The zero-order chi connectivity index (χ0) is 19.0. The van der Waals surface area contributed by atoms with Crippen molar-refractivity contribution < 1.29 is 14.4 Å². The molecule has 0 spiro atoms. The molecule has 2 aromatic carbocycles. The highest BCUT2D eigenvalue weighted by Gasteiger charge is 2.36. The molecule has 1 N–H and O–H groups in total. The molecule has 3 amide bonds. The molecule has 1 saturated heterocycles. The summed E-state index contributed by atoms with van der Waals surface area (Å²) in [6.07, 6.45) is 0. The van der Waals surface area contributed by atoms with Crippen LogP contribution in [0.2, 0.25) is 0 Å². The number of hydrogen-bond donors (Lipinski definition) is 1. The van der Waals surface area contributed by atoms with E-state index in [2.05, 4.69) is 5.32 Å². The first-order valence-electron chi connectivity index (χ1n) is 9.12. The molecule has 146 valence electrons. The van der Waals surface area contributed by atoms with E-state index in [4.69, 9.17) is 0 Å². The van der Waals surface area contributed by atoms with Gasteiger partial charge in [0, 0.05) is 31.2 Å². The van der Waals surface area contributed by atoms with Crippen LogP contribution < -0.4 is 5.32 Å². The van der Waals surface area contributed by atoms with E-state index >= 15 is 0 Å². The predicted molar refractivity (Wildman–Crippen MR) is 108 cm³/mol. The summed E-state index contributed by atoms with van der Waals surface area (Å²) in [5, 5.41) is 3.25. The van der Waals surface area contributed by atoms with E-state index in [1.54, 1.807) is 23.1 Å². The van der Waals surface area contributed by atoms with Crippen LogP contribution in [0.15, 0.2) is 48.5 Å². The number of carbonyl (C=O) groups is 3. The fourth-order valence-electron chi connectivity index (χ4n) is 3.64. The van der Waals surface area contributed by atoms with Gasteiger partial charge in [0.1, 0.15) is 0 Å². The molecule has 2 aliphatic heterocycles. The summed E-state index contributed by atoms with van der Waals surface area (Å²) >= 11 is 0. The largest absolute Gasteiger partial charge is 0.333 e. The number of imide groups is 1. The Labute approximate surface area is 169 Å². The Morgan fingerprint density at radius 1 is 1.07 bits per heavy atom. The summed E-state index contributed by atoms with van der Waals surface area (Å²) in [6, 6.07) is 14.3. The highest BCUT2D eigenvalue weighted by atomic mass is 35.5. The van der Waals surface area contributed by atoms with Crippen LogP contribution in [0.25, 0.3) is 0 Å². The molecule has 7 heteroatoms. The molecule has 2 heterocycles. The molecule has 0 saturated carbocycles. The van der Waals surface area contributed by atoms with Crippen LogP contribution in [0.5, 0.6) is 0 Å². The van der Waals surface area contributed by atoms with Crippen molar-refractivity contribution in [3.8, 4) is 0 Å². The molecule has 4 rings (SSSR count). The van der Waals surface area contributed by atoms with E-state index < -0.39 is 0 Å². The second-order valence-corrected chi connectivity index (χ2v) is 6.99. The molecule has 2 aliphatic rings. The van der Waals surface area contributed by atoms with E-state index in [1.165, 1.54) is 4.90 Å². The van der Waals surface area contributed by atoms with E-state index in [-0.39, 0.29) is 42.7 Å². The Hall–Kier alpha value is -2.70. The van der Waals surface area contributed by atoms with Gasteiger partial charge in [-0.1, -0.05) is 30.3 Å². The number of nitrogens with zero attached hydrogens (tertiary/aromatic N) is 2. The SMILES string of the molecule is C[C@@H]1CNCCN1C(=O)c1ccc2c(c1)C(=O)N(Cc1ccccc1)C2=O.Cl. The summed E-state index contributed by atoms with van der Waals surface area (Å²) in [5.41, 5.74) is 2.01. The molecule has 6 nitrogen and oxygen atoms in total. The maximum atomic E-state index is 12.9. The van der Waals surface area contributed by atoms with Gasteiger partial charge in [0.25, 0.3) is 17.7 Å². The van der Waals surface area contributed by atoms with Crippen molar-refractivity contribution in [2.45, 2.75) is 19.5 Å². The summed E-state index contributed by atoms with van der Waals surface area (Å²) in [7, 11) is 0. The zero-order valence-electron chi connectivity index (χ0n) is 15.6. The number of piperazine rings is 1.